The molecule has 1 aliphatic rings. The molecule has 148 valence electrons. The van der Waals surface area contributed by atoms with Crippen molar-refractivity contribution in [3.8, 4) is 11.5 Å². The molecule has 1 unspecified atom stereocenters. The summed E-state index contributed by atoms with van der Waals surface area (Å²) >= 11 is 6.05. The van der Waals surface area contributed by atoms with Crippen LogP contribution in [0.1, 0.15) is 24.5 Å². The van der Waals surface area contributed by atoms with Crippen molar-refractivity contribution in [2.75, 3.05) is 0 Å². The molecular weight excluding hydrogens is 392 g/mol. The van der Waals surface area contributed by atoms with Gasteiger partial charge in [0.15, 0.2) is 6.10 Å². The average molecular weight is 411 g/mol. The summed E-state index contributed by atoms with van der Waals surface area (Å²) in [7, 11) is 0. The molecule has 2 aromatic carbocycles. The summed E-state index contributed by atoms with van der Waals surface area (Å²) in [5.41, 5.74) is 2.78. The Morgan fingerprint density at radius 3 is 2.76 bits per heavy atom. The lowest BCUT2D eigenvalue weighted by Crippen LogP contribution is -2.26. The number of ether oxygens (including phenoxy) is 2. The first-order chi connectivity index (χ1) is 14.0. The standard InChI is InChI=1S/C22H19ClN2O4/c1-2-3-13-10-16(6-4-14(13)11-20-21(26)25-22(27)29-20)28-19-8-9-24-18-12-15(23)5-7-17(18)19/h4-10,12,20H,2-3,11H2,1H3,(H,25,26,27). The Bertz CT molecular complexity index is 1100. The van der Waals surface area contributed by atoms with Crippen molar-refractivity contribution >= 4 is 34.5 Å². The van der Waals surface area contributed by atoms with Gasteiger partial charge in [0.05, 0.1) is 5.52 Å². The van der Waals surface area contributed by atoms with Gasteiger partial charge in [0.2, 0.25) is 0 Å². The molecule has 0 spiro atoms. The summed E-state index contributed by atoms with van der Waals surface area (Å²) in [6.07, 6.45) is 2.29. The lowest BCUT2D eigenvalue weighted by molar-refractivity contribution is -0.123. The molecule has 0 bridgehead atoms. The van der Waals surface area contributed by atoms with Gasteiger partial charge in [0, 0.05) is 23.0 Å². The van der Waals surface area contributed by atoms with Gasteiger partial charge in [-0.3, -0.25) is 15.1 Å². The molecule has 2 heterocycles. The number of cyclic esters (lactones) is 1. The van der Waals surface area contributed by atoms with E-state index in [2.05, 4.69) is 17.2 Å². The highest BCUT2D eigenvalue weighted by Gasteiger charge is 2.32. The molecule has 1 fully saturated rings. The summed E-state index contributed by atoms with van der Waals surface area (Å²) < 4.78 is 11.2. The highest BCUT2D eigenvalue weighted by molar-refractivity contribution is 6.31. The number of fused-ring (bicyclic) bond motifs is 1. The van der Waals surface area contributed by atoms with E-state index in [4.69, 9.17) is 21.1 Å². The summed E-state index contributed by atoms with van der Waals surface area (Å²) in [5, 5.41) is 3.65. The predicted octanol–water partition coefficient (Wildman–Crippen LogP) is 4.81. The number of pyridine rings is 1. The molecule has 6 nitrogen and oxygen atoms in total. The van der Waals surface area contributed by atoms with Crippen molar-refractivity contribution in [2.24, 2.45) is 0 Å². The van der Waals surface area contributed by atoms with Crippen molar-refractivity contribution in [3.63, 3.8) is 0 Å². The van der Waals surface area contributed by atoms with E-state index in [0.717, 1.165) is 34.9 Å². The summed E-state index contributed by atoms with van der Waals surface area (Å²) in [6, 6.07) is 13.0. The number of benzene rings is 2. The third-order valence-corrected chi connectivity index (χ3v) is 5.00. The van der Waals surface area contributed by atoms with Gasteiger partial charge >= 0.3 is 6.09 Å². The number of rotatable bonds is 6. The van der Waals surface area contributed by atoms with Crippen molar-refractivity contribution in [2.45, 2.75) is 32.3 Å². The summed E-state index contributed by atoms with van der Waals surface area (Å²) in [4.78, 5) is 27.4. The second-order valence-corrected chi connectivity index (χ2v) is 7.28. The third-order valence-electron chi connectivity index (χ3n) is 4.76. The quantitative estimate of drug-likeness (QED) is 0.631. The Morgan fingerprint density at radius 2 is 2.00 bits per heavy atom. The van der Waals surface area contributed by atoms with Gasteiger partial charge in [-0.25, -0.2) is 4.79 Å². The molecule has 0 saturated carbocycles. The van der Waals surface area contributed by atoms with E-state index in [9.17, 15) is 9.59 Å². The lowest BCUT2D eigenvalue weighted by atomic mass is 9.98. The zero-order chi connectivity index (χ0) is 20.4. The van der Waals surface area contributed by atoms with Crippen LogP contribution in [0.4, 0.5) is 4.79 Å². The fraction of sp³-hybridized carbons (Fsp3) is 0.227. The van der Waals surface area contributed by atoms with E-state index in [0.29, 0.717) is 22.9 Å². The maximum atomic E-state index is 11.8. The number of nitrogens with one attached hydrogen (secondary N) is 1. The molecule has 2 amide bonds. The van der Waals surface area contributed by atoms with Crippen molar-refractivity contribution in [3.05, 3.63) is 64.8 Å². The zero-order valence-corrected chi connectivity index (χ0v) is 16.5. The highest BCUT2D eigenvalue weighted by atomic mass is 35.5. The number of aromatic nitrogens is 1. The summed E-state index contributed by atoms with van der Waals surface area (Å²) in [6.45, 7) is 2.08. The molecule has 1 aliphatic heterocycles. The Morgan fingerprint density at radius 1 is 1.14 bits per heavy atom. The van der Waals surface area contributed by atoms with Crippen LogP contribution in [0.3, 0.4) is 0 Å². The first-order valence-corrected chi connectivity index (χ1v) is 9.76. The molecule has 7 heteroatoms. The lowest BCUT2D eigenvalue weighted by Gasteiger charge is -2.14. The summed E-state index contributed by atoms with van der Waals surface area (Å²) in [5.74, 6) is 0.971. The number of alkyl carbamates (subject to hydrolysis) is 1. The van der Waals surface area contributed by atoms with E-state index >= 15 is 0 Å². The molecule has 3 aromatic rings. The number of carbonyl (C=O) groups excluding carboxylic acids is 2. The van der Waals surface area contributed by atoms with Crippen LogP contribution in [0.15, 0.2) is 48.7 Å². The second kappa shape index (κ2) is 8.09. The van der Waals surface area contributed by atoms with Gasteiger partial charge < -0.3 is 9.47 Å². The predicted molar refractivity (Wildman–Crippen MR) is 109 cm³/mol. The molecule has 4 rings (SSSR count). The van der Waals surface area contributed by atoms with Crippen LogP contribution in [-0.4, -0.2) is 23.1 Å². The Labute approximate surface area is 172 Å². The number of amides is 2. The van der Waals surface area contributed by atoms with Gasteiger partial charge in [0.25, 0.3) is 5.91 Å². The van der Waals surface area contributed by atoms with E-state index in [1.807, 2.05) is 30.3 Å². The van der Waals surface area contributed by atoms with Crippen LogP contribution < -0.4 is 10.1 Å². The Balaban J connectivity index is 1.61. The number of halogens is 1. The van der Waals surface area contributed by atoms with Crippen LogP contribution >= 0.6 is 11.6 Å². The fourth-order valence-electron chi connectivity index (χ4n) is 3.41. The SMILES string of the molecule is CCCc1cc(Oc2ccnc3cc(Cl)ccc23)ccc1CC1OC(=O)NC1=O. The number of aryl methyl sites for hydroxylation is 1. The highest BCUT2D eigenvalue weighted by Crippen LogP contribution is 2.31. The van der Waals surface area contributed by atoms with Crippen molar-refractivity contribution in [1.29, 1.82) is 0 Å². The number of nitrogens with zero attached hydrogens (tertiary/aromatic N) is 1. The third kappa shape index (κ3) is 4.17. The molecule has 1 atom stereocenters. The number of imide groups is 1. The number of hydrogen-bond acceptors (Lipinski definition) is 5. The zero-order valence-electron chi connectivity index (χ0n) is 15.8. The minimum atomic E-state index is -0.793. The van der Waals surface area contributed by atoms with E-state index < -0.39 is 18.1 Å². The largest absolute Gasteiger partial charge is 0.457 e. The van der Waals surface area contributed by atoms with Gasteiger partial charge in [-0.05, 0) is 53.9 Å². The molecule has 1 saturated heterocycles. The molecule has 29 heavy (non-hydrogen) atoms. The smallest absolute Gasteiger partial charge is 0.414 e. The minimum Gasteiger partial charge on any atom is -0.457 e. The Kier molecular flexibility index (Phi) is 5.36. The topological polar surface area (TPSA) is 77.5 Å². The maximum Gasteiger partial charge on any atom is 0.414 e. The normalized spacial score (nSPS) is 16.0. The van der Waals surface area contributed by atoms with Crippen LogP contribution in [-0.2, 0) is 22.4 Å². The molecule has 1 N–H and O–H groups in total. The van der Waals surface area contributed by atoms with E-state index in [-0.39, 0.29) is 0 Å². The molecule has 1 aromatic heterocycles. The fourth-order valence-corrected chi connectivity index (χ4v) is 3.57. The van der Waals surface area contributed by atoms with E-state index in [1.54, 1.807) is 18.3 Å². The molecular formula is C22H19ClN2O4. The van der Waals surface area contributed by atoms with E-state index in [1.165, 1.54) is 0 Å². The minimum absolute atomic E-state index is 0.337. The van der Waals surface area contributed by atoms with Crippen LogP contribution in [0.2, 0.25) is 5.02 Å². The van der Waals surface area contributed by atoms with Crippen LogP contribution in [0.25, 0.3) is 10.9 Å². The van der Waals surface area contributed by atoms with Crippen molar-refractivity contribution < 1.29 is 19.1 Å². The number of hydrogen-bond donors (Lipinski definition) is 1. The number of carbonyl (C=O) groups is 2. The molecule has 0 aliphatic carbocycles. The van der Waals surface area contributed by atoms with Gasteiger partial charge in [-0.1, -0.05) is 31.0 Å². The Hall–Kier alpha value is -3.12. The van der Waals surface area contributed by atoms with Crippen LogP contribution in [0.5, 0.6) is 11.5 Å². The van der Waals surface area contributed by atoms with Gasteiger partial charge in [-0.15, -0.1) is 0 Å². The first-order valence-electron chi connectivity index (χ1n) is 9.39. The van der Waals surface area contributed by atoms with Gasteiger partial charge in [0.1, 0.15) is 11.5 Å². The average Bonchev–Trinajstić information content (AvgIpc) is 3.01. The maximum absolute atomic E-state index is 11.8. The molecule has 0 radical (unpaired) electrons. The monoisotopic (exact) mass is 410 g/mol. The van der Waals surface area contributed by atoms with Crippen LogP contribution in [0, 0.1) is 0 Å². The van der Waals surface area contributed by atoms with Gasteiger partial charge in [-0.2, -0.15) is 0 Å². The second-order valence-electron chi connectivity index (χ2n) is 6.84. The van der Waals surface area contributed by atoms with Crippen molar-refractivity contribution in [1.82, 2.24) is 10.3 Å². The first kappa shape index (κ1) is 19.2.